The first-order valence-corrected chi connectivity index (χ1v) is 7.55. The SMILES string of the molecule is CC(Cc1ccco1)NC(=O)Nc1ccc(C(C)(C)C)cc1. The van der Waals surface area contributed by atoms with E-state index in [1.54, 1.807) is 6.26 Å². The molecule has 0 aliphatic heterocycles. The summed E-state index contributed by atoms with van der Waals surface area (Å²) in [6.07, 6.45) is 2.31. The molecule has 2 rings (SSSR count). The second-order valence-electron chi connectivity index (χ2n) is 6.61. The highest BCUT2D eigenvalue weighted by Gasteiger charge is 2.14. The highest BCUT2D eigenvalue weighted by molar-refractivity contribution is 5.89. The Morgan fingerprint density at radius 1 is 1.18 bits per heavy atom. The van der Waals surface area contributed by atoms with Crippen molar-refractivity contribution in [3.8, 4) is 0 Å². The number of furan rings is 1. The van der Waals surface area contributed by atoms with Crippen LogP contribution in [0, 0.1) is 0 Å². The lowest BCUT2D eigenvalue weighted by Crippen LogP contribution is -2.37. The van der Waals surface area contributed by atoms with Gasteiger partial charge in [-0.05, 0) is 42.2 Å². The fourth-order valence-electron chi connectivity index (χ4n) is 2.23. The molecule has 0 radical (unpaired) electrons. The van der Waals surface area contributed by atoms with Crippen molar-refractivity contribution in [1.29, 1.82) is 0 Å². The average molecular weight is 300 g/mol. The van der Waals surface area contributed by atoms with Crippen molar-refractivity contribution in [3.05, 3.63) is 54.0 Å². The van der Waals surface area contributed by atoms with Crippen LogP contribution in [0.3, 0.4) is 0 Å². The van der Waals surface area contributed by atoms with E-state index in [0.717, 1.165) is 11.4 Å². The summed E-state index contributed by atoms with van der Waals surface area (Å²) in [4.78, 5) is 12.0. The number of amides is 2. The maximum Gasteiger partial charge on any atom is 0.319 e. The van der Waals surface area contributed by atoms with Gasteiger partial charge in [0.05, 0.1) is 6.26 Å². The first kappa shape index (κ1) is 16.1. The zero-order chi connectivity index (χ0) is 16.2. The van der Waals surface area contributed by atoms with Gasteiger partial charge >= 0.3 is 6.03 Å². The molecule has 2 aromatic rings. The van der Waals surface area contributed by atoms with Crippen LogP contribution < -0.4 is 10.6 Å². The molecule has 2 N–H and O–H groups in total. The maximum absolute atomic E-state index is 12.0. The Kier molecular flexibility index (Phi) is 4.91. The van der Waals surface area contributed by atoms with E-state index in [9.17, 15) is 4.79 Å². The Hall–Kier alpha value is -2.23. The van der Waals surface area contributed by atoms with Gasteiger partial charge in [-0.2, -0.15) is 0 Å². The third-order valence-electron chi connectivity index (χ3n) is 3.47. The van der Waals surface area contributed by atoms with Crippen LogP contribution in [0.2, 0.25) is 0 Å². The van der Waals surface area contributed by atoms with Crippen LogP contribution in [0.15, 0.2) is 47.1 Å². The number of rotatable bonds is 4. The van der Waals surface area contributed by atoms with Crippen LogP contribution in [0.25, 0.3) is 0 Å². The van der Waals surface area contributed by atoms with Gasteiger partial charge in [0.15, 0.2) is 0 Å². The van der Waals surface area contributed by atoms with Gasteiger partial charge in [0, 0.05) is 18.2 Å². The lowest BCUT2D eigenvalue weighted by molar-refractivity contribution is 0.248. The summed E-state index contributed by atoms with van der Waals surface area (Å²) >= 11 is 0. The Bertz CT molecular complexity index is 595. The number of urea groups is 1. The number of benzene rings is 1. The first-order chi connectivity index (χ1) is 10.3. The Morgan fingerprint density at radius 2 is 1.86 bits per heavy atom. The average Bonchev–Trinajstić information content (AvgIpc) is 2.90. The van der Waals surface area contributed by atoms with Crippen molar-refractivity contribution in [1.82, 2.24) is 5.32 Å². The number of nitrogens with one attached hydrogen (secondary N) is 2. The predicted molar refractivity (Wildman–Crippen MR) is 89.2 cm³/mol. The number of anilines is 1. The van der Waals surface area contributed by atoms with Crippen molar-refractivity contribution in [3.63, 3.8) is 0 Å². The summed E-state index contributed by atoms with van der Waals surface area (Å²) in [5, 5.41) is 5.75. The molecule has 1 aromatic carbocycles. The van der Waals surface area contributed by atoms with Crippen LogP contribution in [-0.4, -0.2) is 12.1 Å². The molecular weight excluding hydrogens is 276 g/mol. The smallest absolute Gasteiger partial charge is 0.319 e. The van der Waals surface area contributed by atoms with E-state index in [2.05, 4.69) is 31.4 Å². The molecule has 4 heteroatoms. The maximum atomic E-state index is 12.0. The van der Waals surface area contributed by atoms with Gasteiger partial charge in [-0.3, -0.25) is 0 Å². The van der Waals surface area contributed by atoms with Crippen LogP contribution in [0.4, 0.5) is 10.5 Å². The predicted octanol–water partition coefficient (Wildman–Crippen LogP) is 4.33. The minimum Gasteiger partial charge on any atom is -0.469 e. The molecule has 1 heterocycles. The van der Waals surface area contributed by atoms with Crippen molar-refractivity contribution in [2.75, 3.05) is 5.32 Å². The van der Waals surface area contributed by atoms with Crippen molar-refractivity contribution in [2.24, 2.45) is 0 Å². The molecule has 0 aliphatic carbocycles. The zero-order valence-corrected chi connectivity index (χ0v) is 13.6. The lowest BCUT2D eigenvalue weighted by Gasteiger charge is -2.19. The number of hydrogen-bond donors (Lipinski definition) is 2. The molecule has 1 aromatic heterocycles. The van der Waals surface area contributed by atoms with E-state index in [0.29, 0.717) is 6.42 Å². The molecule has 0 saturated heterocycles. The summed E-state index contributed by atoms with van der Waals surface area (Å²) < 4.78 is 5.28. The molecule has 0 aliphatic rings. The minimum atomic E-state index is -0.206. The van der Waals surface area contributed by atoms with E-state index in [1.165, 1.54) is 5.56 Å². The summed E-state index contributed by atoms with van der Waals surface area (Å²) in [6, 6.07) is 11.5. The molecular formula is C18H24N2O2. The molecule has 0 bridgehead atoms. The van der Waals surface area contributed by atoms with E-state index < -0.39 is 0 Å². The van der Waals surface area contributed by atoms with Crippen molar-refractivity contribution in [2.45, 2.75) is 45.6 Å². The van der Waals surface area contributed by atoms with Crippen LogP contribution in [0.5, 0.6) is 0 Å². The third kappa shape index (κ3) is 4.65. The number of carbonyl (C=O) groups excluding carboxylic acids is 1. The van der Waals surface area contributed by atoms with E-state index in [4.69, 9.17) is 4.42 Å². The molecule has 0 spiro atoms. The summed E-state index contributed by atoms with van der Waals surface area (Å²) in [5.41, 5.74) is 2.14. The topological polar surface area (TPSA) is 54.3 Å². The van der Waals surface area contributed by atoms with Gasteiger partial charge in [-0.15, -0.1) is 0 Å². The second kappa shape index (κ2) is 6.69. The molecule has 4 nitrogen and oxygen atoms in total. The molecule has 1 atom stereocenters. The van der Waals surface area contributed by atoms with Gasteiger partial charge in [0.1, 0.15) is 5.76 Å². The van der Waals surface area contributed by atoms with Crippen LogP contribution >= 0.6 is 0 Å². The Labute approximate surface area is 131 Å². The van der Waals surface area contributed by atoms with Crippen molar-refractivity contribution >= 4 is 11.7 Å². The minimum absolute atomic E-state index is 0.00000152. The third-order valence-corrected chi connectivity index (χ3v) is 3.47. The van der Waals surface area contributed by atoms with Gasteiger partial charge < -0.3 is 15.1 Å². The highest BCUT2D eigenvalue weighted by atomic mass is 16.3. The summed E-state index contributed by atoms with van der Waals surface area (Å²) in [7, 11) is 0. The summed E-state index contributed by atoms with van der Waals surface area (Å²) in [5.74, 6) is 0.863. The molecule has 22 heavy (non-hydrogen) atoms. The molecule has 2 amide bonds. The molecule has 1 unspecified atom stereocenters. The molecule has 0 fully saturated rings. The highest BCUT2D eigenvalue weighted by Crippen LogP contribution is 2.23. The quantitative estimate of drug-likeness (QED) is 0.883. The fraction of sp³-hybridized carbons (Fsp3) is 0.389. The van der Waals surface area contributed by atoms with Gasteiger partial charge in [0.2, 0.25) is 0 Å². The van der Waals surface area contributed by atoms with Crippen LogP contribution in [0.1, 0.15) is 39.0 Å². The first-order valence-electron chi connectivity index (χ1n) is 7.55. The zero-order valence-electron chi connectivity index (χ0n) is 13.6. The fourth-order valence-corrected chi connectivity index (χ4v) is 2.23. The Balaban J connectivity index is 1.86. The van der Waals surface area contributed by atoms with Gasteiger partial charge in [-0.25, -0.2) is 4.79 Å². The second-order valence-corrected chi connectivity index (χ2v) is 6.61. The van der Waals surface area contributed by atoms with Gasteiger partial charge in [-0.1, -0.05) is 32.9 Å². The van der Waals surface area contributed by atoms with E-state index in [-0.39, 0.29) is 17.5 Å². The standard InChI is InChI=1S/C18H24N2O2/c1-13(12-16-6-5-11-22-16)19-17(21)20-15-9-7-14(8-10-15)18(2,3)4/h5-11,13H,12H2,1-4H3,(H2,19,20,21). The van der Waals surface area contributed by atoms with Gasteiger partial charge in [0.25, 0.3) is 0 Å². The largest absolute Gasteiger partial charge is 0.469 e. The Morgan fingerprint density at radius 3 is 2.41 bits per heavy atom. The van der Waals surface area contributed by atoms with E-state index >= 15 is 0 Å². The summed E-state index contributed by atoms with van der Waals surface area (Å²) in [6.45, 7) is 8.44. The van der Waals surface area contributed by atoms with Crippen molar-refractivity contribution < 1.29 is 9.21 Å². The normalized spacial score (nSPS) is 12.7. The van der Waals surface area contributed by atoms with Crippen LogP contribution in [-0.2, 0) is 11.8 Å². The molecule has 118 valence electrons. The number of hydrogen-bond acceptors (Lipinski definition) is 2. The monoisotopic (exact) mass is 300 g/mol. The van der Waals surface area contributed by atoms with E-state index in [1.807, 2.05) is 43.3 Å². The number of carbonyl (C=O) groups is 1. The lowest BCUT2D eigenvalue weighted by atomic mass is 9.87. The molecule has 0 saturated carbocycles.